The highest BCUT2D eigenvalue weighted by atomic mass is 32.2. The van der Waals surface area contributed by atoms with E-state index in [-0.39, 0.29) is 6.04 Å². The van der Waals surface area contributed by atoms with Crippen LogP contribution < -0.4 is 10.0 Å². The number of benzene rings is 1. The van der Waals surface area contributed by atoms with Crippen LogP contribution in [0.2, 0.25) is 0 Å². The third kappa shape index (κ3) is 5.07. The molecule has 0 aliphatic heterocycles. The van der Waals surface area contributed by atoms with Gasteiger partial charge in [0.25, 0.3) is 0 Å². The summed E-state index contributed by atoms with van der Waals surface area (Å²) < 4.78 is 32.3. The number of nitrogens with one attached hydrogen (secondary N) is 2. The van der Waals surface area contributed by atoms with E-state index in [9.17, 15) is 8.42 Å². The zero-order chi connectivity index (χ0) is 15.3. The Hall–Kier alpha value is -0.950. The average molecular weight is 312 g/mol. The first-order valence-corrected chi connectivity index (χ1v) is 8.87. The van der Waals surface area contributed by atoms with E-state index in [0.29, 0.717) is 24.0 Å². The first kappa shape index (κ1) is 16.4. The summed E-state index contributed by atoms with van der Waals surface area (Å²) in [5.41, 5.74) is 1.10. The van der Waals surface area contributed by atoms with E-state index >= 15 is 0 Å². The highest BCUT2D eigenvalue weighted by molar-refractivity contribution is 7.89. The van der Waals surface area contributed by atoms with E-state index in [0.717, 1.165) is 12.1 Å². The molecule has 0 bridgehead atoms. The lowest BCUT2D eigenvalue weighted by atomic mass is 10.2. The van der Waals surface area contributed by atoms with Gasteiger partial charge in [0.1, 0.15) is 0 Å². The maximum Gasteiger partial charge on any atom is 0.240 e. The third-order valence-corrected chi connectivity index (χ3v) is 5.12. The number of methoxy groups -OCH3 is 1. The van der Waals surface area contributed by atoms with Crippen molar-refractivity contribution in [2.24, 2.45) is 0 Å². The minimum absolute atomic E-state index is 0.198. The molecule has 2 rings (SSSR count). The Morgan fingerprint density at radius 1 is 1.29 bits per heavy atom. The molecule has 0 radical (unpaired) electrons. The van der Waals surface area contributed by atoms with E-state index in [1.165, 1.54) is 12.8 Å². The van der Waals surface area contributed by atoms with Gasteiger partial charge in [-0.25, -0.2) is 13.1 Å². The van der Waals surface area contributed by atoms with E-state index in [4.69, 9.17) is 4.74 Å². The quantitative estimate of drug-likeness (QED) is 0.727. The topological polar surface area (TPSA) is 67.4 Å². The van der Waals surface area contributed by atoms with Crippen molar-refractivity contribution in [1.29, 1.82) is 0 Å². The van der Waals surface area contributed by atoms with E-state index < -0.39 is 10.0 Å². The van der Waals surface area contributed by atoms with Crippen LogP contribution in [0.5, 0.6) is 0 Å². The fourth-order valence-electron chi connectivity index (χ4n) is 2.06. The molecule has 0 heterocycles. The van der Waals surface area contributed by atoms with E-state index in [1.807, 2.05) is 19.1 Å². The van der Waals surface area contributed by atoms with E-state index in [2.05, 4.69) is 10.0 Å². The van der Waals surface area contributed by atoms with Gasteiger partial charge in [0, 0.05) is 25.7 Å². The van der Waals surface area contributed by atoms with Crippen molar-refractivity contribution in [2.75, 3.05) is 13.7 Å². The first-order valence-electron chi connectivity index (χ1n) is 7.38. The summed E-state index contributed by atoms with van der Waals surface area (Å²) in [6.45, 7) is 3.09. The Kier molecular flexibility index (Phi) is 5.75. The lowest BCUT2D eigenvalue weighted by Gasteiger charge is -2.16. The van der Waals surface area contributed by atoms with Crippen LogP contribution in [0, 0.1) is 0 Å². The molecule has 0 aromatic heterocycles. The molecule has 6 heteroatoms. The van der Waals surface area contributed by atoms with Crippen molar-refractivity contribution in [1.82, 2.24) is 10.0 Å². The van der Waals surface area contributed by atoms with Gasteiger partial charge in [-0.3, -0.25) is 0 Å². The Labute approximate surface area is 127 Å². The van der Waals surface area contributed by atoms with Crippen LogP contribution in [0.1, 0.15) is 31.7 Å². The van der Waals surface area contributed by atoms with Crippen LogP contribution >= 0.6 is 0 Å². The van der Waals surface area contributed by atoms with Crippen molar-refractivity contribution in [3.8, 4) is 0 Å². The molecule has 21 heavy (non-hydrogen) atoms. The summed E-state index contributed by atoms with van der Waals surface area (Å²) in [5.74, 6) is 0. The normalized spacial score (nSPS) is 16.9. The summed E-state index contributed by atoms with van der Waals surface area (Å²) in [4.78, 5) is 0.298. The maximum absolute atomic E-state index is 12.3. The molecule has 1 atom stereocenters. The van der Waals surface area contributed by atoms with Crippen LogP contribution in [0.25, 0.3) is 0 Å². The molecule has 0 amide bonds. The highest BCUT2D eigenvalue weighted by Crippen LogP contribution is 2.19. The lowest BCUT2D eigenvalue weighted by molar-refractivity contribution is 0.173. The molecule has 0 saturated heterocycles. The molecule has 1 saturated carbocycles. The molecule has 1 aromatic rings. The smallest absolute Gasteiger partial charge is 0.240 e. The van der Waals surface area contributed by atoms with Crippen molar-refractivity contribution < 1.29 is 13.2 Å². The molecule has 2 N–H and O–H groups in total. The molecule has 1 unspecified atom stereocenters. The van der Waals surface area contributed by atoms with Gasteiger partial charge in [-0.2, -0.15) is 0 Å². The summed E-state index contributed by atoms with van der Waals surface area (Å²) in [5, 5.41) is 3.41. The molecule has 1 aliphatic carbocycles. The minimum atomic E-state index is -3.48. The number of sulfonamides is 1. The standard InChI is InChI=1S/C15H24N2O3S/c1-3-13(11-20-2)17-21(18,19)15-8-4-12(5-9-15)10-16-14-6-7-14/h4-5,8-9,13-14,16-17H,3,6-7,10-11H2,1-2H3. The summed E-state index contributed by atoms with van der Waals surface area (Å²) >= 11 is 0. The van der Waals surface area contributed by atoms with Gasteiger partial charge in [0.2, 0.25) is 10.0 Å². The predicted octanol–water partition coefficient (Wildman–Crippen LogP) is 1.64. The number of hydrogen-bond donors (Lipinski definition) is 2. The SMILES string of the molecule is CCC(COC)NS(=O)(=O)c1ccc(CNC2CC2)cc1. The second-order valence-electron chi connectivity index (χ2n) is 5.48. The zero-order valence-electron chi connectivity index (χ0n) is 12.6. The lowest BCUT2D eigenvalue weighted by Crippen LogP contribution is -2.37. The molecular formula is C15H24N2O3S. The molecule has 118 valence electrons. The Balaban J connectivity index is 1.98. The largest absolute Gasteiger partial charge is 0.383 e. The van der Waals surface area contributed by atoms with Crippen LogP contribution in [0.3, 0.4) is 0 Å². The second-order valence-corrected chi connectivity index (χ2v) is 7.19. The van der Waals surface area contributed by atoms with Crippen LogP contribution in [0.15, 0.2) is 29.2 Å². The maximum atomic E-state index is 12.3. The molecule has 1 aromatic carbocycles. The Bertz CT molecular complexity index is 539. The monoisotopic (exact) mass is 312 g/mol. The minimum Gasteiger partial charge on any atom is -0.383 e. The zero-order valence-corrected chi connectivity index (χ0v) is 13.4. The number of hydrogen-bond acceptors (Lipinski definition) is 4. The highest BCUT2D eigenvalue weighted by Gasteiger charge is 2.21. The van der Waals surface area contributed by atoms with Crippen molar-refractivity contribution in [2.45, 2.75) is 49.7 Å². The Morgan fingerprint density at radius 3 is 2.48 bits per heavy atom. The van der Waals surface area contributed by atoms with Gasteiger partial charge in [-0.05, 0) is 37.0 Å². The van der Waals surface area contributed by atoms with E-state index in [1.54, 1.807) is 19.2 Å². The fraction of sp³-hybridized carbons (Fsp3) is 0.600. The molecule has 1 aliphatic rings. The average Bonchev–Trinajstić information content (AvgIpc) is 3.29. The second kappa shape index (κ2) is 7.35. The van der Waals surface area contributed by atoms with Gasteiger partial charge in [0.15, 0.2) is 0 Å². The summed E-state index contributed by atoms with van der Waals surface area (Å²) in [6, 6.07) is 7.49. The van der Waals surface area contributed by atoms with Crippen molar-refractivity contribution in [3.63, 3.8) is 0 Å². The van der Waals surface area contributed by atoms with Gasteiger partial charge in [-0.1, -0.05) is 19.1 Å². The predicted molar refractivity (Wildman–Crippen MR) is 82.6 cm³/mol. The molecule has 1 fully saturated rings. The first-order chi connectivity index (χ1) is 10.0. The molecule has 5 nitrogen and oxygen atoms in total. The van der Waals surface area contributed by atoms with Crippen LogP contribution in [0.4, 0.5) is 0 Å². The van der Waals surface area contributed by atoms with Gasteiger partial charge in [-0.15, -0.1) is 0 Å². The van der Waals surface area contributed by atoms with Crippen molar-refractivity contribution in [3.05, 3.63) is 29.8 Å². The van der Waals surface area contributed by atoms with Gasteiger partial charge < -0.3 is 10.1 Å². The van der Waals surface area contributed by atoms with Crippen LogP contribution in [-0.4, -0.2) is 34.2 Å². The fourth-order valence-corrected chi connectivity index (χ4v) is 3.36. The third-order valence-electron chi connectivity index (χ3n) is 3.59. The molecular weight excluding hydrogens is 288 g/mol. The van der Waals surface area contributed by atoms with Gasteiger partial charge in [0.05, 0.1) is 11.5 Å². The number of rotatable bonds is 9. The summed E-state index contributed by atoms with van der Waals surface area (Å²) in [6.07, 6.45) is 3.18. The van der Waals surface area contributed by atoms with Crippen molar-refractivity contribution >= 4 is 10.0 Å². The van der Waals surface area contributed by atoms with Crippen LogP contribution in [-0.2, 0) is 21.3 Å². The molecule has 0 spiro atoms. The number of ether oxygens (including phenoxy) is 1. The Morgan fingerprint density at radius 2 is 1.95 bits per heavy atom. The summed E-state index contributed by atoms with van der Waals surface area (Å²) in [7, 11) is -1.91. The van der Waals surface area contributed by atoms with Gasteiger partial charge >= 0.3 is 0 Å².